The second-order valence-corrected chi connectivity index (χ2v) is 2.78. The molecule has 1 rings (SSSR count). The molecule has 1 nitrogen and oxygen atoms in total. The van der Waals surface area contributed by atoms with E-state index >= 15 is 0 Å². The molecule has 0 aromatic rings. The van der Waals surface area contributed by atoms with Gasteiger partial charge in [0.05, 0.1) is 0 Å². The SMILES string of the molecule is CC(F)[C@H]1CCCNC1. The molecular formula is C7H14FN. The number of hydrogen-bond donors (Lipinski definition) is 1. The molecule has 1 fully saturated rings. The van der Waals surface area contributed by atoms with Gasteiger partial charge in [0.25, 0.3) is 0 Å². The van der Waals surface area contributed by atoms with Crippen molar-refractivity contribution in [2.24, 2.45) is 5.92 Å². The van der Waals surface area contributed by atoms with Crippen LogP contribution in [-0.4, -0.2) is 19.3 Å². The zero-order chi connectivity index (χ0) is 6.69. The minimum absolute atomic E-state index is 0.277. The Morgan fingerprint density at radius 3 is 2.78 bits per heavy atom. The third kappa shape index (κ3) is 1.94. The molecule has 0 bridgehead atoms. The van der Waals surface area contributed by atoms with Crippen LogP contribution in [0.5, 0.6) is 0 Å². The van der Waals surface area contributed by atoms with Gasteiger partial charge in [-0.25, -0.2) is 4.39 Å². The van der Waals surface area contributed by atoms with Crippen LogP contribution in [0.25, 0.3) is 0 Å². The molecule has 2 atom stereocenters. The molecule has 0 spiro atoms. The summed E-state index contributed by atoms with van der Waals surface area (Å²) in [5, 5.41) is 3.18. The number of rotatable bonds is 1. The van der Waals surface area contributed by atoms with Crippen LogP contribution in [0.3, 0.4) is 0 Å². The minimum atomic E-state index is -0.627. The zero-order valence-corrected chi connectivity index (χ0v) is 5.86. The van der Waals surface area contributed by atoms with Gasteiger partial charge in [-0.3, -0.25) is 0 Å². The Hall–Kier alpha value is -0.110. The molecule has 0 aromatic carbocycles. The highest BCUT2D eigenvalue weighted by Crippen LogP contribution is 2.15. The summed E-state index contributed by atoms with van der Waals surface area (Å²) in [6.45, 7) is 3.60. The van der Waals surface area contributed by atoms with E-state index in [4.69, 9.17) is 0 Å². The molecule has 1 aliphatic rings. The van der Waals surface area contributed by atoms with Gasteiger partial charge in [-0.15, -0.1) is 0 Å². The third-order valence-corrected chi connectivity index (χ3v) is 1.98. The Balaban J connectivity index is 2.23. The second kappa shape index (κ2) is 3.16. The number of alkyl halides is 1. The maximum atomic E-state index is 12.5. The first-order valence-electron chi connectivity index (χ1n) is 3.65. The van der Waals surface area contributed by atoms with Gasteiger partial charge in [-0.1, -0.05) is 0 Å². The van der Waals surface area contributed by atoms with Crippen LogP contribution in [0.15, 0.2) is 0 Å². The molecule has 0 aromatic heterocycles. The Bertz CT molecular complexity index is 77.0. The molecule has 0 saturated carbocycles. The molecule has 0 radical (unpaired) electrons. The highest BCUT2D eigenvalue weighted by molar-refractivity contribution is 4.72. The number of nitrogens with one attached hydrogen (secondary N) is 1. The first-order valence-corrected chi connectivity index (χ1v) is 3.65. The van der Waals surface area contributed by atoms with Crippen molar-refractivity contribution in [1.82, 2.24) is 5.32 Å². The van der Waals surface area contributed by atoms with E-state index in [1.54, 1.807) is 6.92 Å². The predicted molar refractivity (Wildman–Crippen MR) is 36.2 cm³/mol. The van der Waals surface area contributed by atoms with Gasteiger partial charge in [-0.2, -0.15) is 0 Å². The van der Waals surface area contributed by atoms with Gasteiger partial charge in [0.1, 0.15) is 6.17 Å². The monoisotopic (exact) mass is 131 g/mol. The van der Waals surface area contributed by atoms with Crippen LogP contribution in [0, 0.1) is 5.92 Å². The van der Waals surface area contributed by atoms with Crippen molar-refractivity contribution >= 4 is 0 Å². The molecule has 0 aliphatic carbocycles. The largest absolute Gasteiger partial charge is 0.316 e. The Morgan fingerprint density at radius 1 is 1.67 bits per heavy atom. The fraction of sp³-hybridized carbons (Fsp3) is 1.00. The molecule has 2 heteroatoms. The van der Waals surface area contributed by atoms with Crippen molar-refractivity contribution in [1.29, 1.82) is 0 Å². The van der Waals surface area contributed by atoms with Gasteiger partial charge < -0.3 is 5.32 Å². The highest BCUT2D eigenvalue weighted by atomic mass is 19.1. The van der Waals surface area contributed by atoms with Crippen molar-refractivity contribution in [2.75, 3.05) is 13.1 Å². The Labute approximate surface area is 55.6 Å². The van der Waals surface area contributed by atoms with Crippen LogP contribution in [0.4, 0.5) is 4.39 Å². The number of hydrogen-bond acceptors (Lipinski definition) is 1. The summed E-state index contributed by atoms with van der Waals surface area (Å²) >= 11 is 0. The van der Waals surface area contributed by atoms with Crippen molar-refractivity contribution < 1.29 is 4.39 Å². The summed E-state index contributed by atoms with van der Waals surface area (Å²) in [6.07, 6.45) is 1.57. The number of halogens is 1. The van der Waals surface area contributed by atoms with E-state index in [1.807, 2.05) is 0 Å². The lowest BCUT2D eigenvalue weighted by atomic mass is 9.96. The minimum Gasteiger partial charge on any atom is -0.316 e. The molecule has 1 N–H and O–H groups in total. The normalized spacial score (nSPS) is 32.0. The lowest BCUT2D eigenvalue weighted by Gasteiger charge is -2.23. The average molecular weight is 131 g/mol. The summed E-state index contributed by atoms with van der Waals surface area (Å²) in [5.74, 6) is 0.277. The molecule has 1 aliphatic heterocycles. The fourth-order valence-corrected chi connectivity index (χ4v) is 1.27. The van der Waals surface area contributed by atoms with Crippen LogP contribution in [0.2, 0.25) is 0 Å². The van der Waals surface area contributed by atoms with Crippen molar-refractivity contribution in [3.63, 3.8) is 0 Å². The van der Waals surface area contributed by atoms with Gasteiger partial charge >= 0.3 is 0 Å². The summed E-state index contributed by atoms with van der Waals surface area (Å²) in [7, 11) is 0. The predicted octanol–water partition coefficient (Wildman–Crippen LogP) is 1.34. The zero-order valence-electron chi connectivity index (χ0n) is 5.86. The van der Waals surface area contributed by atoms with E-state index < -0.39 is 6.17 Å². The van der Waals surface area contributed by atoms with Crippen LogP contribution >= 0.6 is 0 Å². The molecule has 1 unspecified atom stereocenters. The van der Waals surface area contributed by atoms with Crippen LogP contribution < -0.4 is 5.32 Å². The molecule has 9 heavy (non-hydrogen) atoms. The lowest BCUT2D eigenvalue weighted by Crippen LogP contribution is -2.33. The standard InChI is InChI=1S/C7H14FN/c1-6(8)7-3-2-4-9-5-7/h6-7,9H,2-5H2,1H3/t6?,7-/m0/s1. The fourth-order valence-electron chi connectivity index (χ4n) is 1.27. The maximum Gasteiger partial charge on any atom is 0.101 e. The Kier molecular flexibility index (Phi) is 2.46. The van der Waals surface area contributed by atoms with Gasteiger partial charge in [0.15, 0.2) is 0 Å². The third-order valence-electron chi connectivity index (χ3n) is 1.98. The van der Waals surface area contributed by atoms with E-state index in [9.17, 15) is 4.39 Å². The van der Waals surface area contributed by atoms with E-state index in [-0.39, 0.29) is 5.92 Å². The molecule has 1 saturated heterocycles. The van der Waals surface area contributed by atoms with E-state index in [0.717, 1.165) is 25.9 Å². The average Bonchev–Trinajstić information content (AvgIpc) is 1.90. The van der Waals surface area contributed by atoms with E-state index in [2.05, 4.69) is 5.32 Å². The quantitative estimate of drug-likeness (QED) is 0.566. The maximum absolute atomic E-state index is 12.5. The van der Waals surface area contributed by atoms with Crippen LogP contribution in [-0.2, 0) is 0 Å². The van der Waals surface area contributed by atoms with Crippen molar-refractivity contribution in [3.8, 4) is 0 Å². The summed E-state index contributed by atoms with van der Waals surface area (Å²) < 4.78 is 12.5. The summed E-state index contributed by atoms with van der Waals surface area (Å²) in [5.41, 5.74) is 0. The van der Waals surface area contributed by atoms with E-state index in [1.165, 1.54) is 0 Å². The smallest absolute Gasteiger partial charge is 0.101 e. The topological polar surface area (TPSA) is 12.0 Å². The number of piperidine rings is 1. The van der Waals surface area contributed by atoms with Crippen LogP contribution in [0.1, 0.15) is 19.8 Å². The molecule has 0 amide bonds. The van der Waals surface area contributed by atoms with Gasteiger partial charge in [0.2, 0.25) is 0 Å². The van der Waals surface area contributed by atoms with Gasteiger partial charge in [0, 0.05) is 12.5 Å². The molecule has 1 heterocycles. The van der Waals surface area contributed by atoms with Crippen molar-refractivity contribution in [2.45, 2.75) is 25.9 Å². The van der Waals surface area contributed by atoms with Gasteiger partial charge in [-0.05, 0) is 26.3 Å². The summed E-state index contributed by atoms with van der Waals surface area (Å²) in [6, 6.07) is 0. The Morgan fingerprint density at radius 2 is 2.44 bits per heavy atom. The van der Waals surface area contributed by atoms with E-state index in [0.29, 0.717) is 0 Å². The molecular weight excluding hydrogens is 117 g/mol. The lowest BCUT2D eigenvalue weighted by molar-refractivity contribution is 0.209. The highest BCUT2D eigenvalue weighted by Gasteiger charge is 2.18. The first-order chi connectivity index (χ1) is 4.30. The molecule has 54 valence electrons. The summed E-state index contributed by atoms with van der Waals surface area (Å²) in [4.78, 5) is 0. The van der Waals surface area contributed by atoms with Crippen molar-refractivity contribution in [3.05, 3.63) is 0 Å². The second-order valence-electron chi connectivity index (χ2n) is 2.78. The first kappa shape index (κ1) is 7.00.